The molecule has 21 heavy (non-hydrogen) atoms. The molecule has 1 aromatic heterocycles. The van der Waals surface area contributed by atoms with E-state index in [0.717, 1.165) is 38.6 Å². The minimum Gasteiger partial charge on any atom is -0.369 e. The summed E-state index contributed by atoms with van der Waals surface area (Å²) in [6.45, 7) is 5.43. The number of aromatic nitrogens is 1. The largest absolute Gasteiger partial charge is 0.369 e. The van der Waals surface area contributed by atoms with Gasteiger partial charge in [0.15, 0.2) is 0 Å². The molecular weight excluding hydrogens is 286 g/mol. The Morgan fingerprint density at radius 3 is 2.90 bits per heavy atom. The first-order chi connectivity index (χ1) is 10.1. The Bertz CT molecular complexity index is 560. The number of hydrogen-bond acceptors (Lipinski definition) is 4. The van der Waals surface area contributed by atoms with Crippen LogP contribution in [-0.4, -0.2) is 36.8 Å². The average molecular weight is 311 g/mol. The van der Waals surface area contributed by atoms with Gasteiger partial charge in [0.1, 0.15) is 10.7 Å². The molecule has 1 atom stereocenters. The number of anilines is 1. The molecule has 1 unspecified atom stereocenters. The summed E-state index contributed by atoms with van der Waals surface area (Å²) in [6.07, 6.45) is 6.42. The van der Waals surface area contributed by atoms with Crippen LogP contribution in [0.4, 0.5) is 5.82 Å². The van der Waals surface area contributed by atoms with Crippen LogP contribution in [0.25, 0.3) is 0 Å². The Labute approximate surface area is 127 Å². The molecule has 1 fully saturated rings. The first-order valence-electron chi connectivity index (χ1n) is 7.82. The van der Waals surface area contributed by atoms with Crippen LogP contribution in [0.2, 0.25) is 0 Å². The molecule has 118 valence electrons. The fraction of sp³-hybridized carbons (Fsp3) is 0.667. The summed E-state index contributed by atoms with van der Waals surface area (Å²) < 4.78 is 27.6. The smallest absolute Gasteiger partial charge is 0.246 e. The van der Waals surface area contributed by atoms with Crippen LogP contribution >= 0.6 is 0 Å². The molecule has 0 bridgehead atoms. The first kappa shape index (κ1) is 16.2. The lowest BCUT2D eigenvalue weighted by Crippen LogP contribution is -2.43. The van der Waals surface area contributed by atoms with Crippen molar-refractivity contribution in [1.82, 2.24) is 9.29 Å². The molecule has 1 N–H and O–H groups in total. The highest BCUT2D eigenvalue weighted by Gasteiger charge is 2.34. The number of piperidine rings is 1. The lowest BCUT2D eigenvalue weighted by Gasteiger charge is -2.34. The molecule has 0 spiro atoms. The van der Waals surface area contributed by atoms with Crippen LogP contribution in [0.15, 0.2) is 23.2 Å². The molecule has 0 aromatic carbocycles. The van der Waals surface area contributed by atoms with Crippen LogP contribution < -0.4 is 5.32 Å². The minimum atomic E-state index is -3.48. The van der Waals surface area contributed by atoms with E-state index < -0.39 is 10.0 Å². The van der Waals surface area contributed by atoms with Crippen molar-refractivity contribution in [3.8, 4) is 0 Å². The Balaban J connectivity index is 2.34. The van der Waals surface area contributed by atoms with Gasteiger partial charge in [-0.05, 0) is 37.8 Å². The monoisotopic (exact) mass is 311 g/mol. The first-order valence-corrected chi connectivity index (χ1v) is 9.26. The van der Waals surface area contributed by atoms with Gasteiger partial charge in [0.2, 0.25) is 10.0 Å². The van der Waals surface area contributed by atoms with Gasteiger partial charge in [0, 0.05) is 25.3 Å². The van der Waals surface area contributed by atoms with Gasteiger partial charge >= 0.3 is 0 Å². The van der Waals surface area contributed by atoms with Gasteiger partial charge in [-0.3, -0.25) is 0 Å². The van der Waals surface area contributed by atoms with Gasteiger partial charge in [-0.25, -0.2) is 13.4 Å². The molecule has 1 aromatic rings. The Morgan fingerprint density at radius 1 is 1.38 bits per heavy atom. The molecule has 0 amide bonds. The maximum Gasteiger partial charge on any atom is 0.246 e. The fourth-order valence-corrected chi connectivity index (χ4v) is 4.69. The summed E-state index contributed by atoms with van der Waals surface area (Å²) in [6, 6.07) is 3.46. The van der Waals surface area contributed by atoms with Crippen LogP contribution in [0.1, 0.15) is 46.0 Å². The second-order valence-corrected chi connectivity index (χ2v) is 7.31. The average Bonchev–Trinajstić information content (AvgIpc) is 2.53. The lowest BCUT2D eigenvalue weighted by atomic mass is 10.0. The van der Waals surface area contributed by atoms with Gasteiger partial charge in [-0.2, -0.15) is 4.31 Å². The molecular formula is C15H25N3O2S. The highest BCUT2D eigenvalue weighted by atomic mass is 32.2. The standard InChI is InChI=1S/C15H25N3O2S/c1-3-10-16-15-14(9-7-11-17-15)21(19,20)18-12-6-5-8-13(18)4-2/h7,9,11,13H,3-6,8,10,12H2,1-2H3,(H,16,17). The van der Waals surface area contributed by atoms with Gasteiger partial charge < -0.3 is 5.32 Å². The van der Waals surface area contributed by atoms with Crippen molar-refractivity contribution < 1.29 is 8.42 Å². The second kappa shape index (κ2) is 7.22. The number of nitrogens with one attached hydrogen (secondary N) is 1. The van der Waals surface area contributed by atoms with Crippen LogP contribution in [0.5, 0.6) is 0 Å². The number of pyridine rings is 1. The number of sulfonamides is 1. The summed E-state index contributed by atoms with van der Waals surface area (Å²) in [4.78, 5) is 4.52. The van der Waals surface area contributed by atoms with E-state index in [0.29, 0.717) is 17.3 Å². The highest BCUT2D eigenvalue weighted by Crippen LogP contribution is 2.29. The maximum absolute atomic E-state index is 13.0. The van der Waals surface area contributed by atoms with E-state index in [2.05, 4.69) is 17.2 Å². The predicted molar refractivity (Wildman–Crippen MR) is 84.8 cm³/mol. The highest BCUT2D eigenvalue weighted by molar-refractivity contribution is 7.89. The molecule has 0 radical (unpaired) electrons. The summed E-state index contributed by atoms with van der Waals surface area (Å²) in [7, 11) is -3.48. The quantitative estimate of drug-likeness (QED) is 0.877. The second-order valence-electron chi connectivity index (χ2n) is 5.45. The van der Waals surface area contributed by atoms with Crippen molar-refractivity contribution in [3.63, 3.8) is 0 Å². The van der Waals surface area contributed by atoms with Crippen molar-refractivity contribution in [3.05, 3.63) is 18.3 Å². The predicted octanol–water partition coefficient (Wildman–Crippen LogP) is 2.86. The number of rotatable bonds is 6. The topological polar surface area (TPSA) is 62.3 Å². The van der Waals surface area contributed by atoms with Gasteiger partial charge in [-0.15, -0.1) is 0 Å². The summed E-state index contributed by atoms with van der Waals surface area (Å²) in [5.74, 6) is 0.472. The third-order valence-electron chi connectivity index (χ3n) is 3.94. The normalized spacial score (nSPS) is 20.4. The molecule has 1 aliphatic rings. The van der Waals surface area contributed by atoms with E-state index in [-0.39, 0.29) is 6.04 Å². The molecule has 6 heteroatoms. The zero-order valence-electron chi connectivity index (χ0n) is 12.9. The number of nitrogens with zero attached hydrogens (tertiary/aromatic N) is 2. The van der Waals surface area contributed by atoms with Crippen molar-refractivity contribution in [1.29, 1.82) is 0 Å². The molecule has 2 heterocycles. The van der Waals surface area contributed by atoms with E-state index in [9.17, 15) is 8.42 Å². The molecule has 0 aliphatic carbocycles. The third-order valence-corrected chi connectivity index (χ3v) is 5.93. The summed E-state index contributed by atoms with van der Waals surface area (Å²) >= 11 is 0. The molecule has 1 aliphatic heterocycles. The Hall–Kier alpha value is -1.14. The third kappa shape index (κ3) is 3.55. The van der Waals surface area contributed by atoms with E-state index in [1.165, 1.54) is 0 Å². The summed E-state index contributed by atoms with van der Waals surface area (Å²) in [5, 5.41) is 3.12. The maximum atomic E-state index is 13.0. The van der Waals surface area contributed by atoms with Crippen molar-refractivity contribution in [2.24, 2.45) is 0 Å². The van der Waals surface area contributed by atoms with Gasteiger partial charge in [-0.1, -0.05) is 20.3 Å². The summed E-state index contributed by atoms with van der Waals surface area (Å²) in [5.41, 5.74) is 0. The van der Waals surface area contributed by atoms with Crippen LogP contribution in [0.3, 0.4) is 0 Å². The van der Waals surface area contributed by atoms with Crippen molar-refractivity contribution in [2.45, 2.75) is 56.9 Å². The minimum absolute atomic E-state index is 0.114. The Kier molecular flexibility index (Phi) is 5.58. The number of hydrogen-bond donors (Lipinski definition) is 1. The SMILES string of the molecule is CCCNc1ncccc1S(=O)(=O)N1CCCCC1CC. The zero-order chi connectivity index (χ0) is 15.3. The lowest BCUT2D eigenvalue weighted by molar-refractivity contribution is 0.246. The molecule has 0 saturated carbocycles. The molecule has 1 saturated heterocycles. The van der Waals surface area contributed by atoms with E-state index in [1.54, 1.807) is 22.6 Å². The molecule has 2 rings (SSSR count). The fourth-order valence-electron chi connectivity index (χ4n) is 2.80. The van der Waals surface area contributed by atoms with E-state index >= 15 is 0 Å². The van der Waals surface area contributed by atoms with E-state index in [1.807, 2.05) is 6.92 Å². The molecule has 5 nitrogen and oxygen atoms in total. The van der Waals surface area contributed by atoms with Crippen LogP contribution in [-0.2, 0) is 10.0 Å². The Morgan fingerprint density at radius 2 is 2.19 bits per heavy atom. The van der Waals surface area contributed by atoms with Gasteiger partial charge in [0.05, 0.1) is 0 Å². The van der Waals surface area contributed by atoms with Gasteiger partial charge in [0.25, 0.3) is 0 Å². The van der Waals surface area contributed by atoms with Crippen molar-refractivity contribution >= 4 is 15.8 Å². The van der Waals surface area contributed by atoms with Crippen LogP contribution in [0, 0.1) is 0 Å². The van der Waals surface area contributed by atoms with E-state index in [4.69, 9.17) is 0 Å². The van der Waals surface area contributed by atoms with Crippen molar-refractivity contribution in [2.75, 3.05) is 18.4 Å². The zero-order valence-corrected chi connectivity index (χ0v) is 13.7.